The van der Waals surface area contributed by atoms with E-state index < -0.39 is 11.6 Å². The number of phenols is 1. The van der Waals surface area contributed by atoms with Crippen molar-refractivity contribution < 1.29 is 19.7 Å². The summed E-state index contributed by atoms with van der Waals surface area (Å²) in [5.41, 5.74) is 5.95. The molecule has 0 saturated carbocycles. The minimum atomic E-state index is -0.978. The number of aryl methyl sites for hydroxylation is 1. The first kappa shape index (κ1) is 30.9. The zero-order valence-corrected chi connectivity index (χ0v) is 27.9. The molecule has 8 rings (SSSR count). The van der Waals surface area contributed by atoms with Gasteiger partial charge in [0.1, 0.15) is 11.6 Å². The summed E-state index contributed by atoms with van der Waals surface area (Å²) in [5, 5.41) is 27.6. The van der Waals surface area contributed by atoms with Crippen LogP contribution in [0.1, 0.15) is 87.6 Å². The number of amides is 1. The largest absolute Gasteiger partial charge is 0.508 e. The minimum absolute atomic E-state index is 0.0656. The smallest absolute Gasteiger partial charge is 0.405 e. The van der Waals surface area contributed by atoms with E-state index in [1.54, 1.807) is 6.07 Å². The molecule has 2 saturated heterocycles. The molecule has 3 N–H and O–H groups in total. The van der Waals surface area contributed by atoms with Crippen molar-refractivity contribution in [2.24, 2.45) is 5.41 Å². The molecule has 1 amide bonds. The van der Waals surface area contributed by atoms with Gasteiger partial charge in [0, 0.05) is 37.5 Å². The Labute approximate surface area is 280 Å². The lowest BCUT2D eigenvalue weighted by molar-refractivity contribution is -0.0368. The Morgan fingerprint density at radius 1 is 1.08 bits per heavy atom. The van der Waals surface area contributed by atoms with Gasteiger partial charge in [-0.15, -0.1) is 5.10 Å². The van der Waals surface area contributed by atoms with E-state index in [1.165, 1.54) is 11.1 Å². The van der Waals surface area contributed by atoms with Gasteiger partial charge >= 0.3 is 6.09 Å². The summed E-state index contributed by atoms with van der Waals surface area (Å²) in [6, 6.07) is 14.3. The van der Waals surface area contributed by atoms with Crippen LogP contribution >= 0.6 is 0 Å². The number of piperidine rings is 1. The summed E-state index contributed by atoms with van der Waals surface area (Å²) in [4.78, 5) is 26.5. The SMILES string of the molecule is CC(C)(C[C@@H]1c2ccccc2CC12CCN(c1cnc3c(N4CCCc5cc(O)ccc54)nn(C4CCCCO4)c3n1)CC2)NC(=O)O. The number of carboxylic acid groups (broad SMARTS) is 1. The van der Waals surface area contributed by atoms with Gasteiger partial charge in [0.15, 0.2) is 23.2 Å². The highest BCUT2D eigenvalue weighted by Crippen LogP contribution is 2.56. The quantitative estimate of drug-likeness (QED) is 0.209. The van der Waals surface area contributed by atoms with E-state index in [1.807, 2.05) is 36.9 Å². The van der Waals surface area contributed by atoms with Crippen LogP contribution in [-0.4, -0.2) is 67.8 Å². The van der Waals surface area contributed by atoms with Crippen molar-refractivity contribution in [3.63, 3.8) is 0 Å². The van der Waals surface area contributed by atoms with Gasteiger partial charge in [0.05, 0.1) is 6.20 Å². The number of rotatable bonds is 6. The Kier molecular flexibility index (Phi) is 7.69. The molecule has 2 atom stereocenters. The molecule has 3 aliphatic heterocycles. The maximum Gasteiger partial charge on any atom is 0.405 e. The number of benzene rings is 2. The first-order valence-electron chi connectivity index (χ1n) is 17.5. The van der Waals surface area contributed by atoms with Gasteiger partial charge in [0.2, 0.25) is 0 Å². The number of phenolic OH excluding ortho intramolecular Hbond substituents is 1. The summed E-state index contributed by atoms with van der Waals surface area (Å²) in [6.07, 6.45) is 9.37. The summed E-state index contributed by atoms with van der Waals surface area (Å²) < 4.78 is 8.20. The van der Waals surface area contributed by atoms with Crippen LogP contribution in [0.5, 0.6) is 5.75 Å². The fourth-order valence-corrected chi connectivity index (χ4v) is 8.89. The maximum absolute atomic E-state index is 11.6. The Morgan fingerprint density at radius 2 is 1.92 bits per heavy atom. The number of aromatic hydroxyl groups is 1. The van der Waals surface area contributed by atoms with Crippen molar-refractivity contribution in [2.75, 3.05) is 36.0 Å². The van der Waals surface area contributed by atoms with Gasteiger partial charge in [-0.2, -0.15) is 0 Å². The van der Waals surface area contributed by atoms with Crippen LogP contribution in [0.25, 0.3) is 11.2 Å². The third-order valence-corrected chi connectivity index (χ3v) is 11.2. The summed E-state index contributed by atoms with van der Waals surface area (Å²) >= 11 is 0. The molecule has 1 aliphatic carbocycles. The van der Waals surface area contributed by atoms with Crippen LogP contribution in [0.3, 0.4) is 0 Å². The number of hydrogen-bond donors (Lipinski definition) is 3. The number of aromatic nitrogens is 4. The number of nitrogens with zero attached hydrogens (tertiary/aromatic N) is 6. The molecule has 2 aromatic carbocycles. The molecule has 252 valence electrons. The molecule has 0 radical (unpaired) electrons. The number of nitrogens with one attached hydrogen (secondary N) is 1. The molecule has 5 heterocycles. The Balaban J connectivity index is 1.10. The molecule has 1 spiro atoms. The fourth-order valence-electron chi connectivity index (χ4n) is 8.89. The molecule has 2 aromatic heterocycles. The first-order chi connectivity index (χ1) is 23.2. The average Bonchev–Trinajstić information content (AvgIpc) is 3.59. The Bertz CT molecular complexity index is 1840. The minimum Gasteiger partial charge on any atom is -0.508 e. The predicted molar refractivity (Wildman–Crippen MR) is 184 cm³/mol. The van der Waals surface area contributed by atoms with Crippen LogP contribution in [0, 0.1) is 5.41 Å². The van der Waals surface area contributed by atoms with Crippen molar-refractivity contribution in [3.05, 3.63) is 65.4 Å². The molecule has 4 aromatic rings. The van der Waals surface area contributed by atoms with Crippen LogP contribution in [0.2, 0.25) is 0 Å². The van der Waals surface area contributed by atoms with Crippen molar-refractivity contribution in [1.82, 2.24) is 25.1 Å². The highest BCUT2D eigenvalue weighted by atomic mass is 16.5. The van der Waals surface area contributed by atoms with Gasteiger partial charge in [-0.25, -0.2) is 19.4 Å². The zero-order valence-electron chi connectivity index (χ0n) is 27.9. The molecule has 0 bridgehead atoms. The number of fused-ring (bicyclic) bond motifs is 3. The number of hydrogen-bond acceptors (Lipinski definition) is 8. The van der Waals surface area contributed by atoms with Gasteiger partial charge in [-0.1, -0.05) is 24.3 Å². The van der Waals surface area contributed by atoms with E-state index in [2.05, 4.69) is 39.4 Å². The third-order valence-electron chi connectivity index (χ3n) is 11.2. The van der Waals surface area contributed by atoms with Crippen molar-refractivity contribution in [3.8, 4) is 5.75 Å². The normalized spacial score (nSPS) is 22.1. The second-order valence-electron chi connectivity index (χ2n) is 14.9. The molecular formula is C37H45N7O4. The summed E-state index contributed by atoms with van der Waals surface area (Å²) in [5.74, 6) is 2.19. The van der Waals surface area contributed by atoms with E-state index in [0.29, 0.717) is 6.61 Å². The molecule has 4 aliphatic rings. The number of ether oxygens (including phenoxy) is 1. The van der Waals surface area contributed by atoms with Crippen LogP contribution in [0.15, 0.2) is 48.7 Å². The van der Waals surface area contributed by atoms with E-state index >= 15 is 0 Å². The van der Waals surface area contributed by atoms with Crippen molar-refractivity contribution >= 4 is 34.6 Å². The second kappa shape index (κ2) is 11.9. The molecule has 1 unspecified atom stereocenters. The number of carbonyl (C=O) groups is 1. The van der Waals surface area contributed by atoms with Gasteiger partial charge in [-0.05, 0) is 118 Å². The van der Waals surface area contributed by atoms with E-state index in [-0.39, 0.29) is 23.3 Å². The first-order valence-corrected chi connectivity index (χ1v) is 17.5. The third kappa shape index (κ3) is 5.51. The molecular weight excluding hydrogens is 606 g/mol. The average molecular weight is 652 g/mol. The number of anilines is 3. The van der Waals surface area contributed by atoms with Crippen LogP contribution in [-0.2, 0) is 17.6 Å². The highest BCUT2D eigenvalue weighted by molar-refractivity contribution is 5.88. The van der Waals surface area contributed by atoms with Crippen molar-refractivity contribution in [2.45, 2.75) is 89.3 Å². The van der Waals surface area contributed by atoms with Gasteiger partial charge in [0.25, 0.3) is 0 Å². The molecule has 48 heavy (non-hydrogen) atoms. The Hall–Kier alpha value is -4.38. The summed E-state index contributed by atoms with van der Waals surface area (Å²) in [7, 11) is 0. The van der Waals surface area contributed by atoms with Crippen LogP contribution in [0.4, 0.5) is 22.1 Å². The standard InChI is InChI=1S/C37H45N7O4/c1-36(2,40-35(46)47)22-28-27-10-4-3-8-25(27)21-37(28)14-17-42(18-15-37)30-23-38-32-33(39-30)44(31-11-5-6-19-48-31)41-34(32)43-16-7-9-24-20-26(45)12-13-29(24)43/h3-4,8,10,12-13,20,23,28,31,40,45H,5-7,9,11,14-19,21-22H2,1-2H3,(H,46,47)/t28-,31?/m1/s1. The fraction of sp³-hybridized carbons (Fsp3) is 0.514. The topological polar surface area (TPSA) is 129 Å². The van der Waals surface area contributed by atoms with Crippen molar-refractivity contribution in [1.29, 1.82) is 0 Å². The lowest BCUT2D eigenvalue weighted by atomic mass is 9.66. The highest BCUT2D eigenvalue weighted by Gasteiger charge is 2.49. The molecule has 11 heteroatoms. The molecule has 11 nitrogen and oxygen atoms in total. The monoisotopic (exact) mass is 651 g/mol. The lowest BCUT2D eigenvalue weighted by Gasteiger charge is -2.45. The second-order valence-corrected chi connectivity index (χ2v) is 14.9. The van der Waals surface area contributed by atoms with E-state index in [9.17, 15) is 15.0 Å². The summed E-state index contributed by atoms with van der Waals surface area (Å²) in [6.45, 7) is 7.21. The Morgan fingerprint density at radius 3 is 2.71 bits per heavy atom. The van der Waals surface area contributed by atoms with Gasteiger partial charge < -0.3 is 30.1 Å². The van der Waals surface area contributed by atoms with E-state index in [4.69, 9.17) is 19.8 Å². The van der Waals surface area contributed by atoms with E-state index in [0.717, 1.165) is 111 Å². The van der Waals surface area contributed by atoms with Gasteiger partial charge in [-0.3, -0.25) is 0 Å². The molecule has 2 fully saturated rings. The zero-order chi connectivity index (χ0) is 33.0. The predicted octanol–water partition coefficient (Wildman–Crippen LogP) is 6.68. The maximum atomic E-state index is 11.6. The lowest BCUT2D eigenvalue weighted by Crippen LogP contribution is -2.48. The van der Waals surface area contributed by atoms with Crippen LogP contribution < -0.4 is 15.1 Å².